The van der Waals surface area contributed by atoms with Crippen LogP contribution in [0.4, 0.5) is 11.4 Å². The minimum atomic E-state index is -1.85. The van der Waals surface area contributed by atoms with Crippen LogP contribution in [0.5, 0.6) is 5.75 Å². The maximum absolute atomic E-state index is 13.9. The van der Waals surface area contributed by atoms with Crippen LogP contribution in [0, 0.1) is 5.92 Å². The van der Waals surface area contributed by atoms with Gasteiger partial charge in [-0.3, -0.25) is 14.4 Å². The number of hydrogen-bond donors (Lipinski definition) is 2. The highest BCUT2D eigenvalue weighted by molar-refractivity contribution is 6.07. The van der Waals surface area contributed by atoms with Crippen LogP contribution >= 0.6 is 0 Å². The normalized spacial score (nSPS) is 23.4. The lowest BCUT2D eigenvalue weighted by atomic mass is 9.83. The van der Waals surface area contributed by atoms with Crippen molar-refractivity contribution in [2.24, 2.45) is 5.92 Å². The van der Waals surface area contributed by atoms with E-state index in [0.717, 1.165) is 24.1 Å². The number of carbonyl (C=O) groups is 3. The highest BCUT2D eigenvalue weighted by atomic mass is 16.5. The average molecular weight is 534 g/mol. The molecule has 206 valence electrons. The molecule has 2 aromatic rings. The number of fused-ring (bicyclic) bond motifs is 1. The molecule has 0 bridgehead atoms. The number of carbonyl (C=O) groups excluding carboxylic acids is 3. The lowest BCUT2D eigenvalue weighted by molar-refractivity contribution is -0.139. The third-order valence-corrected chi connectivity index (χ3v) is 8.17. The molecule has 3 atom stereocenters. The van der Waals surface area contributed by atoms with E-state index in [2.05, 4.69) is 0 Å². The summed E-state index contributed by atoms with van der Waals surface area (Å²) in [5, 5.41) is 21.5. The molecule has 0 radical (unpaired) electrons. The second-order valence-electron chi connectivity index (χ2n) is 10.5. The van der Waals surface area contributed by atoms with E-state index < -0.39 is 17.4 Å². The molecular formula is C30H35N3O6. The molecule has 0 saturated carbocycles. The Labute approximate surface area is 228 Å². The van der Waals surface area contributed by atoms with Gasteiger partial charge in [0.25, 0.3) is 5.91 Å². The molecule has 9 nitrogen and oxygen atoms in total. The Bertz CT molecular complexity index is 1310. The van der Waals surface area contributed by atoms with Crippen LogP contribution in [-0.2, 0) is 26.5 Å². The Morgan fingerprint density at radius 1 is 1.21 bits per heavy atom. The summed E-state index contributed by atoms with van der Waals surface area (Å²) < 4.78 is 5.40. The minimum Gasteiger partial charge on any atom is -0.497 e. The molecule has 3 amide bonds. The molecule has 3 aliphatic rings. The molecule has 39 heavy (non-hydrogen) atoms. The summed E-state index contributed by atoms with van der Waals surface area (Å²) in [7, 11) is 1.53. The van der Waals surface area contributed by atoms with Gasteiger partial charge in [-0.2, -0.15) is 0 Å². The number of methoxy groups -OCH3 is 1. The number of rotatable bonds is 9. The van der Waals surface area contributed by atoms with Crippen molar-refractivity contribution >= 4 is 29.1 Å². The summed E-state index contributed by atoms with van der Waals surface area (Å²) in [5.41, 5.74) is 0.820. The van der Waals surface area contributed by atoms with Gasteiger partial charge >= 0.3 is 0 Å². The van der Waals surface area contributed by atoms with Gasteiger partial charge in [0.2, 0.25) is 11.8 Å². The number of aliphatic hydroxyl groups is 2. The maximum atomic E-state index is 13.9. The second-order valence-corrected chi connectivity index (χ2v) is 10.5. The van der Waals surface area contributed by atoms with E-state index >= 15 is 0 Å². The molecular weight excluding hydrogens is 498 g/mol. The average Bonchev–Trinajstić information content (AvgIpc) is 3.50. The summed E-state index contributed by atoms with van der Waals surface area (Å²) in [5.74, 6) is -0.572. The van der Waals surface area contributed by atoms with E-state index in [1.807, 2.05) is 24.3 Å². The Hall–Kier alpha value is -3.69. The van der Waals surface area contributed by atoms with E-state index in [1.165, 1.54) is 7.11 Å². The minimum absolute atomic E-state index is 0.0498. The van der Waals surface area contributed by atoms with Crippen molar-refractivity contribution in [3.63, 3.8) is 0 Å². The van der Waals surface area contributed by atoms with Gasteiger partial charge in [-0.15, -0.1) is 0 Å². The molecule has 3 heterocycles. The predicted octanol–water partition coefficient (Wildman–Crippen LogP) is 2.73. The van der Waals surface area contributed by atoms with Crippen LogP contribution in [0.3, 0.4) is 0 Å². The zero-order valence-electron chi connectivity index (χ0n) is 22.4. The standard InChI is InChI=1S/C30H35N3O6/c1-20(6-3-10-27(35)31-14-5-9-23(31)19-34)30(38)25-17-24(39-2)11-12-26(25)33(29(30)37)18-21-7-4-8-22(16-21)32-15-13-28(32)36/h3-4,6-8,11-12,16-17,20,23,34,38H,5,9-10,13-15,18-19H2,1-2H3/b6-3+/t20-,23-,30+/m0/s1. The maximum Gasteiger partial charge on any atom is 0.264 e. The van der Waals surface area contributed by atoms with Crippen molar-refractivity contribution in [2.75, 3.05) is 36.6 Å². The van der Waals surface area contributed by atoms with Crippen molar-refractivity contribution < 1.29 is 29.3 Å². The molecule has 3 aliphatic heterocycles. The number of aliphatic hydroxyl groups excluding tert-OH is 1. The lowest BCUT2D eigenvalue weighted by Gasteiger charge is -2.31. The summed E-state index contributed by atoms with van der Waals surface area (Å²) in [4.78, 5) is 43.5. The van der Waals surface area contributed by atoms with Gasteiger partial charge in [-0.1, -0.05) is 31.2 Å². The fourth-order valence-corrected chi connectivity index (χ4v) is 5.79. The number of amides is 3. The van der Waals surface area contributed by atoms with Gasteiger partial charge in [0.1, 0.15) is 5.75 Å². The van der Waals surface area contributed by atoms with Gasteiger partial charge in [-0.05, 0) is 48.7 Å². The van der Waals surface area contributed by atoms with Crippen molar-refractivity contribution in [1.82, 2.24) is 4.90 Å². The summed E-state index contributed by atoms with van der Waals surface area (Å²) in [6.45, 7) is 3.24. The van der Waals surface area contributed by atoms with E-state index in [-0.39, 0.29) is 37.4 Å². The molecule has 2 N–H and O–H groups in total. The SMILES string of the molecule is COc1ccc2c(c1)[C@](O)([C@@H](C)/C=C/CC(=O)N1CCC[C@H]1CO)C(=O)N2Cc1cccc(N2CCC2=O)c1. The van der Waals surface area contributed by atoms with Gasteiger partial charge in [-0.25, -0.2) is 0 Å². The van der Waals surface area contributed by atoms with E-state index in [1.54, 1.807) is 52.0 Å². The number of β-lactam (4-membered cyclic amide) rings is 1. The first kappa shape index (κ1) is 26.9. The number of anilines is 2. The van der Waals surface area contributed by atoms with Crippen LogP contribution in [0.2, 0.25) is 0 Å². The van der Waals surface area contributed by atoms with Gasteiger partial charge in [0.05, 0.1) is 32.0 Å². The van der Waals surface area contributed by atoms with Crippen molar-refractivity contribution in [2.45, 2.75) is 50.8 Å². The third-order valence-electron chi connectivity index (χ3n) is 8.17. The van der Waals surface area contributed by atoms with Crippen LogP contribution in [0.25, 0.3) is 0 Å². The summed E-state index contributed by atoms with van der Waals surface area (Å²) in [6.07, 6.45) is 5.74. The third kappa shape index (κ3) is 4.81. The van der Waals surface area contributed by atoms with E-state index in [9.17, 15) is 24.6 Å². The molecule has 2 saturated heterocycles. The Kier molecular flexibility index (Phi) is 7.46. The molecule has 9 heteroatoms. The van der Waals surface area contributed by atoms with Gasteiger partial charge in [0.15, 0.2) is 5.60 Å². The smallest absolute Gasteiger partial charge is 0.264 e. The molecule has 0 aliphatic carbocycles. The van der Waals surface area contributed by atoms with Gasteiger partial charge in [0, 0.05) is 43.1 Å². The first-order valence-corrected chi connectivity index (χ1v) is 13.5. The molecule has 2 fully saturated rings. The highest BCUT2D eigenvalue weighted by Gasteiger charge is 2.52. The van der Waals surface area contributed by atoms with Crippen LogP contribution in [-0.4, -0.2) is 65.7 Å². The zero-order valence-corrected chi connectivity index (χ0v) is 22.4. The zero-order chi connectivity index (χ0) is 27.7. The molecule has 0 unspecified atom stereocenters. The van der Waals surface area contributed by atoms with Crippen molar-refractivity contribution in [1.29, 1.82) is 0 Å². The molecule has 5 rings (SSSR count). The van der Waals surface area contributed by atoms with E-state index in [0.29, 0.717) is 36.5 Å². The Morgan fingerprint density at radius 3 is 2.72 bits per heavy atom. The summed E-state index contributed by atoms with van der Waals surface area (Å²) in [6, 6.07) is 12.6. The van der Waals surface area contributed by atoms with Gasteiger partial charge < -0.3 is 29.6 Å². The quantitative estimate of drug-likeness (QED) is 0.379. The second kappa shape index (κ2) is 10.8. The fourth-order valence-electron chi connectivity index (χ4n) is 5.79. The number of hydrogen-bond acceptors (Lipinski definition) is 6. The Morgan fingerprint density at radius 2 is 2.03 bits per heavy atom. The largest absolute Gasteiger partial charge is 0.497 e. The summed E-state index contributed by atoms with van der Waals surface area (Å²) >= 11 is 0. The van der Waals surface area contributed by atoms with E-state index in [4.69, 9.17) is 4.74 Å². The topological polar surface area (TPSA) is 111 Å². The number of benzene rings is 2. The predicted molar refractivity (Wildman–Crippen MR) is 146 cm³/mol. The van der Waals surface area contributed by atoms with Crippen molar-refractivity contribution in [3.8, 4) is 5.75 Å². The van der Waals surface area contributed by atoms with Crippen LogP contribution < -0.4 is 14.5 Å². The Balaban J connectivity index is 1.38. The lowest BCUT2D eigenvalue weighted by Crippen LogP contribution is -2.44. The monoisotopic (exact) mass is 533 g/mol. The highest BCUT2D eigenvalue weighted by Crippen LogP contribution is 2.47. The fraction of sp³-hybridized carbons (Fsp3) is 0.433. The molecule has 2 aromatic carbocycles. The number of ether oxygens (including phenoxy) is 1. The van der Waals surface area contributed by atoms with Crippen LogP contribution in [0.15, 0.2) is 54.6 Å². The number of nitrogens with zero attached hydrogens (tertiary/aromatic N) is 3. The van der Waals surface area contributed by atoms with Crippen molar-refractivity contribution in [3.05, 3.63) is 65.7 Å². The molecule has 0 spiro atoms. The first-order valence-electron chi connectivity index (χ1n) is 13.5. The number of likely N-dealkylation sites (tertiary alicyclic amines) is 1. The first-order chi connectivity index (χ1) is 18.8. The van der Waals surface area contributed by atoms with Crippen LogP contribution in [0.1, 0.15) is 43.7 Å². The molecule has 0 aromatic heterocycles.